The van der Waals surface area contributed by atoms with Crippen molar-refractivity contribution in [3.05, 3.63) is 29.8 Å². The fraction of sp³-hybridized carbons (Fsp3) is 0.462. The first-order valence-corrected chi connectivity index (χ1v) is 8.48. The molecule has 0 saturated carbocycles. The highest BCUT2D eigenvalue weighted by Gasteiger charge is 2.12. The fourth-order valence-electron chi connectivity index (χ4n) is 1.53. The number of carbonyl (C=O) groups excluding carboxylic acids is 1. The van der Waals surface area contributed by atoms with Crippen LogP contribution in [0.4, 0.5) is 0 Å². The third-order valence-corrected chi connectivity index (χ3v) is 3.97. The van der Waals surface area contributed by atoms with Crippen molar-refractivity contribution in [2.24, 2.45) is 0 Å². The topological polar surface area (TPSA) is 60.4 Å². The lowest BCUT2D eigenvalue weighted by molar-refractivity contribution is 0.0497. The van der Waals surface area contributed by atoms with Gasteiger partial charge >= 0.3 is 5.97 Å². The Labute approximate surface area is 118 Å². The molecule has 0 spiro atoms. The van der Waals surface area contributed by atoms with E-state index in [0.29, 0.717) is 12.2 Å². The molecule has 0 aliphatic heterocycles. The van der Waals surface area contributed by atoms with Crippen LogP contribution in [0.1, 0.15) is 43.0 Å². The first-order valence-electron chi connectivity index (χ1n) is 6.17. The molecule has 0 aliphatic carbocycles. The second-order valence-corrected chi connectivity index (χ2v) is 6.72. The van der Waals surface area contributed by atoms with Gasteiger partial charge in [-0.25, -0.2) is 13.2 Å². The Hall–Kier alpha value is -1.07. The summed E-state index contributed by atoms with van der Waals surface area (Å²) < 4.78 is 27.2. The van der Waals surface area contributed by atoms with Gasteiger partial charge in [0.05, 0.1) is 17.1 Å². The van der Waals surface area contributed by atoms with E-state index in [4.69, 9.17) is 15.4 Å². The summed E-state index contributed by atoms with van der Waals surface area (Å²) in [6.45, 7) is 2.49. The highest BCUT2D eigenvalue weighted by molar-refractivity contribution is 8.13. The molecular formula is C13H17ClO4S. The molecular weight excluding hydrogens is 288 g/mol. The summed E-state index contributed by atoms with van der Waals surface area (Å²) in [5, 5.41) is 0. The molecule has 0 bridgehead atoms. The van der Waals surface area contributed by atoms with Gasteiger partial charge in [-0.15, -0.1) is 0 Å². The molecule has 6 heteroatoms. The molecule has 1 aromatic rings. The van der Waals surface area contributed by atoms with Crippen LogP contribution in [-0.2, 0) is 13.8 Å². The minimum absolute atomic E-state index is 0.0336. The minimum Gasteiger partial charge on any atom is -0.462 e. The summed E-state index contributed by atoms with van der Waals surface area (Å²) in [6.07, 6.45) is 4.13. The summed E-state index contributed by atoms with van der Waals surface area (Å²) in [4.78, 5) is 11.6. The van der Waals surface area contributed by atoms with E-state index < -0.39 is 15.0 Å². The van der Waals surface area contributed by atoms with Gasteiger partial charge in [-0.3, -0.25) is 0 Å². The van der Waals surface area contributed by atoms with Gasteiger partial charge in [0, 0.05) is 10.7 Å². The van der Waals surface area contributed by atoms with Crippen LogP contribution in [0.5, 0.6) is 0 Å². The number of hydrogen-bond donors (Lipinski definition) is 0. The van der Waals surface area contributed by atoms with Crippen molar-refractivity contribution >= 4 is 25.7 Å². The summed E-state index contributed by atoms with van der Waals surface area (Å²) >= 11 is 0. The molecule has 0 amide bonds. The van der Waals surface area contributed by atoms with Crippen molar-refractivity contribution in [1.29, 1.82) is 0 Å². The van der Waals surface area contributed by atoms with Gasteiger partial charge in [-0.05, 0) is 30.7 Å². The van der Waals surface area contributed by atoms with Gasteiger partial charge in [0.2, 0.25) is 0 Å². The van der Waals surface area contributed by atoms with Gasteiger partial charge in [0.25, 0.3) is 9.05 Å². The van der Waals surface area contributed by atoms with Crippen LogP contribution in [0.2, 0.25) is 0 Å². The van der Waals surface area contributed by atoms with E-state index in [1.807, 2.05) is 0 Å². The number of esters is 1. The normalized spacial score (nSPS) is 11.3. The van der Waals surface area contributed by atoms with E-state index in [2.05, 4.69) is 6.92 Å². The third-order valence-electron chi connectivity index (χ3n) is 2.60. The molecule has 0 N–H and O–H groups in total. The average molecular weight is 305 g/mol. The molecule has 1 aromatic carbocycles. The predicted octanol–water partition coefficient (Wildman–Crippen LogP) is 3.35. The summed E-state index contributed by atoms with van der Waals surface area (Å²) in [7, 11) is 1.43. The smallest absolute Gasteiger partial charge is 0.338 e. The van der Waals surface area contributed by atoms with Crippen LogP contribution in [0.3, 0.4) is 0 Å². The second kappa shape index (κ2) is 7.50. The van der Waals surface area contributed by atoms with E-state index in [0.717, 1.165) is 25.7 Å². The zero-order valence-corrected chi connectivity index (χ0v) is 12.3. The highest BCUT2D eigenvalue weighted by atomic mass is 35.7. The number of benzene rings is 1. The Morgan fingerprint density at radius 1 is 1.16 bits per heavy atom. The van der Waals surface area contributed by atoms with Crippen molar-refractivity contribution in [2.75, 3.05) is 6.61 Å². The number of rotatable bonds is 7. The fourth-order valence-corrected chi connectivity index (χ4v) is 2.30. The molecule has 0 heterocycles. The van der Waals surface area contributed by atoms with Gasteiger partial charge in [-0.2, -0.15) is 0 Å². The Kier molecular flexibility index (Phi) is 6.31. The van der Waals surface area contributed by atoms with E-state index in [-0.39, 0.29) is 4.90 Å². The molecule has 0 fully saturated rings. The van der Waals surface area contributed by atoms with Crippen LogP contribution >= 0.6 is 10.7 Å². The molecule has 0 atom stereocenters. The summed E-state index contributed by atoms with van der Waals surface area (Å²) in [6, 6.07) is 5.36. The summed E-state index contributed by atoms with van der Waals surface area (Å²) in [5.41, 5.74) is 0.319. The first-order chi connectivity index (χ1) is 8.95. The predicted molar refractivity (Wildman–Crippen MR) is 73.9 cm³/mol. The molecule has 0 aliphatic rings. The van der Waals surface area contributed by atoms with E-state index in [1.165, 1.54) is 24.3 Å². The van der Waals surface area contributed by atoms with E-state index in [1.54, 1.807) is 0 Å². The van der Waals surface area contributed by atoms with Crippen molar-refractivity contribution in [3.63, 3.8) is 0 Å². The second-order valence-electron chi connectivity index (χ2n) is 4.16. The van der Waals surface area contributed by atoms with Crippen LogP contribution in [-0.4, -0.2) is 21.0 Å². The zero-order chi connectivity index (χ0) is 14.3. The molecule has 4 nitrogen and oxygen atoms in total. The largest absolute Gasteiger partial charge is 0.462 e. The lowest BCUT2D eigenvalue weighted by atomic mass is 10.2. The SMILES string of the molecule is CCCCCCOC(=O)c1ccc(S(=O)(=O)Cl)cc1. The maximum atomic E-state index is 11.6. The van der Waals surface area contributed by atoms with Gasteiger partial charge in [0.15, 0.2) is 0 Å². The van der Waals surface area contributed by atoms with Crippen LogP contribution < -0.4 is 0 Å². The molecule has 0 aromatic heterocycles. The standard InChI is InChI=1S/C13H17ClO4S/c1-2-3-4-5-10-18-13(15)11-6-8-12(9-7-11)19(14,16)17/h6-9H,2-5,10H2,1H3. The number of unbranched alkanes of at least 4 members (excludes halogenated alkanes) is 3. The lowest BCUT2D eigenvalue weighted by Crippen LogP contribution is -2.06. The Balaban J connectivity index is 2.50. The Morgan fingerprint density at radius 3 is 2.32 bits per heavy atom. The van der Waals surface area contributed by atoms with Gasteiger partial charge in [0.1, 0.15) is 0 Å². The van der Waals surface area contributed by atoms with Crippen LogP contribution in [0.15, 0.2) is 29.2 Å². The van der Waals surface area contributed by atoms with Crippen molar-refractivity contribution in [2.45, 2.75) is 37.5 Å². The van der Waals surface area contributed by atoms with Crippen molar-refractivity contribution in [3.8, 4) is 0 Å². The lowest BCUT2D eigenvalue weighted by Gasteiger charge is -2.05. The van der Waals surface area contributed by atoms with E-state index in [9.17, 15) is 13.2 Å². The minimum atomic E-state index is -3.75. The quantitative estimate of drug-likeness (QED) is 0.440. The van der Waals surface area contributed by atoms with Crippen molar-refractivity contribution in [1.82, 2.24) is 0 Å². The first kappa shape index (κ1) is 16.0. The number of carbonyl (C=O) groups is 1. The average Bonchev–Trinajstić information content (AvgIpc) is 2.37. The number of ether oxygens (including phenoxy) is 1. The van der Waals surface area contributed by atoms with Crippen LogP contribution in [0, 0.1) is 0 Å². The van der Waals surface area contributed by atoms with Crippen molar-refractivity contribution < 1.29 is 17.9 Å². The highest BCUT2D eigenvalue weighted by Crippen LogP contribution is 2.15. The molecule has 0 saturated heterocycles. The molecule has 106 valence electrons. The van der Waals surface area contributed by atoms with Gasteiger partial charge < -0.3 is 4.74 Å². The van der Waals surface area contributed by atoms with Crippen LogP contribution in [0.25, 0.3) is 0 Å². The maximum Gasteiger partial charge on any atom is 0.338 e. The number of halogens is 1. The van der Waals surface area contributed by atoms with Gasteiger partial charge in [-0.1, -0.05) is 26.2 Å². The van der Waals surface area contributed by atoms with E-state index >= 15 is 0 Å². The Morgan fingerprint density at radius 2 is 1.79 bits per heavy atom. The zero-order valence-electron chi connectivity index (χ0n) is 10.8. The third kappa shape index (κ3) is 5.61. The number of hydrogen-bond acceptors (Lipinski definition) is 4. The Bertz CT molecular complexity index is 508. The monoisotopic (exact) mass is 304 g/mol. The maximum absolute atomic E-state index is 11.6. The molecule has 1 rings (SSSR count). The molecule has 0 radical (unpaired) electrons. The molecule has 0 unspecified atom stereocenters. The summed E-state index contributed by atoms with van der Waals surface area (Å²) in [5.74, 6) is -0.449. The molecule has 19 heavy (non-hydrogen) atoms.